The maximum absolute atomic E-state index is 4.86. The molecule has 3 aromatic carbocycles. The lowest BCUT2D eigenvalue weighted by molar-refractivity contribution is 0.803. The van der Waals surface area contributed by atoms with E-state index >= 15 is 0 Å². The van der Waals surface area contributed by atoms with Gasteiger partial charge in [-0.2, -0.15) is 10.2 Å². The molecule has 0 spiro atoms. The molecule has 13 rings (SSSR count). The topological polar surface area (TPSA) is 149 Å². The molecule has 14 heteroatoms. The van der Waals surface area contributed by atoms with E-state index in [1.807, 2.05) is 285 Å². The molecular formula is C72H96N14. The van der Waals surface area contributed by atoms with Crippen molar-refractivity contribution in [3.05, 3.63) is 219 Å². The molecule has 86 heavy (non-hydrogen) atoms. The molecular weight excluding hydrogens is 1060 g/mol. The minimum Gasteiger partial charge on any atom is -0.326 e. The number of aromatic nitrogens is 14. The first-order valence-corrected chi connectivity index (χ1v) is 30.8. The Morgan fingerprint density at radius 1 is 0.267 bits per heavy atom. The summed E-state index contributed by atoms with van der Waals surface area (Å²) in [6.45, 7) is 36.0. The molecule has 10 aromatic heterocycles. The SMILES string of the molecule is CC.CC.CC.CC.CC.CC.CC.CC.CC.Cn1c(-c2cccc(-c3nc4ccccc4n3C)n2)nc2ccccc21.c1cc(-n2cccn2)nc(-n2cccn2)c1.c1ccc(-c2ccccn2)nc1.c1cnc2c(c1)ccc1cccnc12. The van der Waals surface area contributed by atoms with Crippen LogP contribution in [0.2, 0.25) is 0 Å². The molecule has 0 aliphatic heterocycles. The highest BCUT2D eigenvalue weighted by Gasteiger charge is 2.15. The van der Waals surface area contributed by atoms with E-state index in [1.165, 1.54) is 0 Å². The van der Waals surface area contributed by atoms with Crippen LogP contribution >= 0.6 is 0 Å². The minimum atomic E-state index is 0.776. The smallest absolute Gasteiger partial charge is 0.159 e. The number of fused-ring (bicyclic) bond motifs is 5. The van der Waals surface area contributed by atoms with Crippen LogP contribution in [-0.4, -0.2) is 68.6 Å². The lowest BCUT2D eigenvalue weighted by atomic mass is 10.1. The molecule has 0 saturated carbocycles. The van der Waals surface area contributed by atoms with Crippen molar-refractivity contribution in [3.63, 3.8) is 0 Å². The van der Waals surface area contributed by atoms with Crippen LogP contribution in [0.1, 0.15) is 125 Å². The van der Waals surface area contributed by atoms with Crippen LogP contribution in [0.5, 0.6) is 0 Å². The van der Waals surface area contributed by atoms with Gasteiger partial charge >= 0.3 is 0 Å². The average Bonchev–Trinajstić information content (AvgIpc) is 2.60. The quantitative estimate of drug-likeness (QED) is 0.152. The average molecular weight is 1160 g/mol. The molecule has 13 aromatic rings. The normalized spacial score (nSPS) is 9.16. The lowest BCUT2D eigenvalue weighted by Crippen LogP contribution is -2.03. The Labute approximate surface area is 514 Å². The summed E-state index contributed by atoms with van der Waals surface area (Å²) in [6.07, 6.45) is 14.3. The van der Waals surface area contributed by atoms with E-state index in [0.29, 0.717) is 0 Å². The molecule has 14 nitrogen and oxygen atoms in total. The largest absolute Gasteiger partial charge is 0.326 e. The van der Waals surface area contributed by atoms with Crippen LogP contribution in [0, 0.1) is 0 Å². The summed E-state index contributed by atoms with van der Waals surface area (Å²) in [4.78, 5) is 35.9. The van der Waals surface area contributed by atoms with Crippen molar-refractivity contribution in [1.29, 1.82) is 0 Å². The third kappa shape index (κ3) is 21.3. The second-order valence-electron chi connectivity index (χ2n) is 15.3. The van der Waals surface area contributed by atoms with Gasteiger partial charge in [0.25, 0.3) is 0 Å². The first-order chi connectivity index (χ1) is 42.6. The number of hydrogen-bond donors (Lipinski definition) is 0. The molecule has 0 amide bonds. The predicted molar refractivity (Wildman–Crippen MR) is 369 cm³/mol. The lowest BCUT2D eigenvalue weighted by Gasteiger charge is -2.05. The van der Waals surface area contributed by atoms with Gasteiger partial charge in [0.15, 0.2) is 23.3 Å². The van der Waals surface area contributed by atoms with Crippen LogP contribution in [0.25, 0.3) is 89.9 Å². The second-order valence-corrected chi connectivity index (χ2v) is 15.3. The van der Waals surface area contributed by atoms with Gasteiger partial charge in [-0.25, -0.2) is 29.3 Å². The number of nitrogens with zero attached hydrogens (tertiary/aromatic N) is 14. The Kier molecular flexibility index (Phi) is 38.9. The van der Waals surface area contributed by atoms with Crippen LogP contribution in [0.4, 0.5) is 0 Å². The number of imidazole rings is 2. The Morgan fingerprint density at radius 3 is 0.965 bits per heavy atom. The Balaban J connectivity index is 0.000000543. The zero-order valence-corrected chi connectivity index (χ0v) is 55.0. The van der Waals surface area contributed by atoms with Gasteiger partial charge in [0.1, 0.15) is 11.4 Å². The highest BCUT2D eigenvalue weighted by atomic mass is 15.3. The fourth-order valence-corrected chi connectivity index (χ4v) is 7.62. The molecule has 0 fully saturated rings. The number of benzene rings is 3. The molecule has 0 atom stereocenters. The van der Waals surface area contributed by atoms with Gasteiger partial charge in [-0.15, -0.1) is 0 Å². The minimum absolute atomic E-state index is 0.776. The van der Waals surface area contributed by atoms with E-state index in [2.05, 4.69) is 80.6 Å². The van der Waals surface area contributed by atoms with Gasteiger partial charge in [0, 0.05) is 74.4 Å². The number of rotatable bonds is 5. The third-order valence-corrected chi connectivity index (χ3v) is 10.9. The van der Waals surface area contributed by atoms with Gasteiger partial charge in [0.05, 0.1) is 44.5 Å². The molecule has 0 radical (unpaired) electrons. The molecule has 10 heterocycles. The number of pyridine rings is 6. The van der Waals surface area contributed by atoms with Gasteiger partial charge in [-0.3, -0.25) is 19.9 Å². The Morgan fingerprint density at radius 2 is 0.616 bits per heavy atom. The standard InChI is InChI=1S/C21H17N5.C12H8N2.C11H9N5.C10H8N2.9C2H6/c1-25-18-12-5-3-8-14(18)23-20(25)16-10-7-11-17(22-16)21-24-15-9-4-6-13-19(15)26(21)2;1-3-9-5-6-10-4-2-8-14-12(10)11(9)13-7-1;1-4-10(15-8-2-6-12-15)14-11(5-1)16-9-3-7-13-16;1-3-7-11-9(5-1)10-6-2-4-8-12-10;9*1-2/h3-13H,1-2H3;1-8H;1-9H;1-8H;9*1-2H3. The maximum atomic E-state index is 4.86. The highest BCUT2D eigenvalue weighted by molar-refractivity contribution is 6.02. The molecule has 0 N–H and O–H groups in total. The van der Waals surface area contributed by atoms with E-state index in [-0.39, 0.29) is 0 Å². The monoisotopic (exact) mass is 1160 g/mol. The predicted octanol–water partition coefficient (Wildman–Crippen LogP) is 19.8. The fraction of sp³-hybridized carbons (Fsp3) is 0.278. The Hall–Kier alpha value is -9.56. The van der Waals surface area contributed by atoms with Crippen molar-refractivity contribution >= 4 is 43.9 Å². The molecule has 0 aliphatic rings. The van der Waals surface area contributed by atoms with E-state index in [9.17, 15) is 0 Å². The summed E-state index contributed by atoms with van der Waals surface area (Å²) in [5, 5.41) is 10.5. The van der Waals surface area contributed by atoms with E-state index < -0.39 is 0 Å². The number of hydrogen-bond acceptors (Lipinski definition) is 10. The van der Waals surface area contributed by atoms with Gasteiger partial charge in [0.2, 0.25) is 0 Å². The zero-order chi connectivity index (χ0) is 64.1. The highest BCUT2D eigenvalue weighted by Crippen LogP contribution is 2.27. The van der Waals surface area contributed by atoms with Crippen LogP contribution < -0.4 is 0 Å². The maximum Gasteiger partial charge on any atom is 0.159 e. The number of para-hydroxylation sites is 4. The van der Waals surface area contributed by atoms with E-state index in [0.717, 1.165) is 89.9 Å². The summed E-state index contributed by atoms with van der Waals surface area (Å²) >= 11 is 0. The van der Waals surface area contributed by atoms with Gasteiger partial charge in [-0.05, 0) is 97.1 Å². The van der Waals surface area contributed by atoms with Crippen LogP contribution in [0.15, 0.2) is 219 Å². The fourth-order valence-electron chi connectivity index (χ4n) is 7.62. The summed E-state index contributed by atoms with van der Waals surface area (Å²) in [5.74, 6) is 3.26. The molecule has 0 saturated heterocycles. The summed E-state index contributed by atoms with van der Waals surface area (Å²) in [7, 11) is 4.04. The third-order valence-electron chi connectivity index (χ3n) is 10.9. The summed E-state index contributed by atoms with van der Waals surface area (Å²) < 4.78 is 7.59. The van der Waals surface area contributed by atoms with Crippen molar-refractivity contribution < 1.29 is 0 Å². The first kappa shape index (κ1) is 74.5. The van der Waals surface area contributed by atoms with Crippen molar-refractivity contribution in [2.45, 2.75) is 125 Å². The van der Waals surface area contributed by atoms with Crippen molar-refractivity contribution in [1.82, 2.24) is 68.6 Å². The Bertz CT molecular complexity index is 3480. The molecule has 0 unspecified atom stereocenters. The summed E-state index contributed by atoms with van der Waals surface area (Å²) in [5.41, 5.74) is 9.60. The van der Waals surface area contributed by atoms with Crippen molar-refractivity contribution in [2.75, 3.05) is 0 Å². The van der Waals surface area contributed by atoms with Crippen LogP contribution in [0.3, 0.4) is 0 Å². The number of aryl methyl sites for hydroxylation is 2. The van der Waals surface area contributed by atoms with Gasteiger partial charge < -0.3 is 9.13 Å². The van der Waals surface area contributed by atoms with Gasteiger partial charge in [-0.1, -0.05) is 197 Å². The summed E-state index contributed by atoms with van der Waals surface area (Å²) in [6, 6.07) is 55.4. The molecule has 0 bridgehead atoms. The van der Waals surface area contributed by atoms with Crippen molar-refractivity contribution in [3.8, 4) is 46.1 Å². The molecule has 0 aliphatic carbocycles. The van der Waals surface area contributed by atoms with E-state index in [4.69, 9.17) is 15.0 Å². The van der Waals surface area contributed by atoms with Crippen molar-refractivity contribution in [2.24, 2.45) is 14.1 Å². The first-order valence-electron chi connectivity index (χ1n) is 30.8. The zero-order valence-electron chi connectivity index (χ0n) is 55.0. The van der Waals surface area contributed by atoms with Crippen LogP contribution in [-0.2, 0) is 14.1 Å². The molecule has 454 valence electrons. The second kappa shape index (κ2) is 44.9. The van der Waals surface area contributed by atoms with E-state index in [1.54, 1.807) is 46.5 Å².